The monoisotopic (exact) mass is 1070 g/mol. The first kappa shape index (κ1) is 61.3. The Morgan fingerprint density at radius 1 is 0.447 bits per heavy atom. The molecule has 76 heavy (non-hydrogen) atoms. The zero-order valence-corrected chi connectivity index (χ0v) is 42.8. The molecule has 4 aliphatic heterocycles. The number of ketones is 3. The molecule has 3 aromatic carbocycles. The lowest BCUT2D eigenvalue weighted by molar-refractivity contribution is -0.290. The van der Waals surface area contributed by atoms with Gasteiger partial charge in [0, 0.05) is 40.6 Å². The molecule has 3 saturated heterocycles. The number of rotatable bonds is 20. The van der Waals surface area contributed by atoms with Crippen LogP contribution < -0.4 is 18.9 Å². The molecule has 0 amide bonds. The standard InChI is InChI=1S/C19H26O8.C18H22O8.C17H22O6/c1-24-13-8-5-11(10-15(13)25-2)4-6-12(20)7-9-14-16(21)17(22)18(23)19(26-3)27-14;1-23-18-17(22)16(21)15(20)13(26-18)7-5-11(19)4-2-10-3-6-12-14(8-10)25-9-24-12;1-22-17-16(21)15(20)14(19)13(23-17)10-9-12(18)8-7-11-5-3-2-4-6-11/h4-6,8,10,14,16-19,21-23H,7,9H2,1-3H3;2-4,6,8,13,15-18,20-22H,5,7,9H2,1H3;2-8,13-17,19-21H,9-10H2,1H3/b6-4+;4-2+;8-7+/t14-,16?,17-,18+,19?;13-,15?,16-,17+,18?;13-,14?,15-,16+,17?/m111/s1. The lowest BCUT2D eigenvalue weighted by Crippen LogP contribution is -2.57. The van der Waals surface area contributed by atoms with Crippen LogP contribution in [0.4, 0.5) is 0 Å². The van der Waals surface area contributed by atoms with Crippen molar-refractivity contribution < 1.29 is 108 Å². The van der Waals surface area contributed by atoms with Gasteiger partial charge in [0.05, 0.1) is 32.5 Å². The summed E-state index contributed by atoms with van der Waals surface area (Å²) in [5.41, 5.74) is 2.50. The highest BCUT2D eigenvalue weighted by Gasteiger charge is 2.46. The van der Waals surface area contributed by atoms with E-state index in [-0.39, 0.29) is 62.7 Å². The van der Waals surface area contributed by atoms with Crippen LogP contribution >= 0.6 is 0 Å². The SMILES string of the molecule is COC1O[C@H](CCC(=O)/C=C/c2ccc3c(c2)OCO3)C(O)[C@@H](O)[C@@H]1O.COC1O[C@H](CCC(=O)/C=C/c2ccccc2)C(O)[C@@H](O)[C@@H]1O.COc1ccc(/C=C/C(=O)CC[C@H]2OC(OC)[C@@H](O)[C@H](O)C2O)cc1OC. The van der Waals surface area contributed by atoms with Crippen molar-refractivity contribution in [3.63, 3.8) is 0 Å². The number of fused-ring (bicyclic) bond motifs is 1. The maximum atomic E-state index is 12.1. The molecule has 0 spiro atoms. The van der Waals surface area contributed by atoms with E-state index in [9.17, 15) is 60.3 Å². The number of aliphatic hydroxyl groups is 9. The number of methoxy groups -OCH3 is 5. The second-order valence-electron chi connectivity index (χ2n) is 17.9. The van der Waals surface area contributed by atoms with Gasteiger partial charge in [-0.2, -0.15) is 0 Å². The molecule has 3 aromatic rings. The van der Waals surface area contributed by atoms with Crippen LogP contribution in [0, 0.1) is 0 Å². The minimum absolute atomic E-state index is 0.102. The summed E-state index contributed by atoms with van der Waals surface area (Å²) in [4.78, 5) is 36.1. The average molecular weight is 1070 g/mol. The summed E-state index contributed by atoms with van der Waals surface area (Å²) in [6.45, 7) is 0.189. The van der Waals surface area contributed by atoms with Gasteiger partial charge in [0.15, 0.2) is 59.2 Å². The molecular formula is C54H70O22. The zero-order valence-electron chi connectivity index (χ0n) is 42.8. The van der Waals surface area contributed by atoms with Crippen molar-refractivity contribution in [2.24, 2.45) is 0 Å². The Morgan fingerprint density at radius 3 is 1.24 bits per heavy atom. The third-order valence-electron chi connectivity index (χ3n) is 12.7. The molecule has 418 valence electrons. The smallest absolute Gasteiger partial charge is 0.231 e. The van der Waals surface area contributed by atoms with Crippen molar-refractivity contribution >= 4 is 35.6 Å². The Bertz CT molecular complexity index is 2370. The fourth-order valence-electron chi connectivity index (χ4n) is 8.26. The maximum Gasteiger partial charge on any atom is 0.231 e. The fraction of sp³-hybridized carbons (Fsp3) is 0.500. The predicted octanol–water partition coefficient (Wildman–Crippen LogP) is 1.26. The number of benzene rings is 3. The van der Waals surface area contributed by atoms with Crippen molar-refractivity contribution in [3.05, 3.63) is 102 Å². The fourth-order valence-corrected chi connectivity index (χ4v) is 8.26. The normalized spacial score (nSPS) is 30.1. The Labute approximate surface area is 439 Å². The quantitative estimate of drug-likeness (QED) is 0.0719. The van der Waals surface area contributed by atoms with Crippen molar-refractivity contribution in [2.45, 2.75) is 131 Å². The van der Waals surface area contributed by atoms with Gasteiger partial charge in [0.1, 0.15) is 54.9 Å². The van der Waals surface area contributed by atoms with Crippen molar-refractivity contribution in [1.82, 2.24) is 0 Å². The van der Waals surface area contributed by atoms with Gasteiger partial charge in [-0.3, -0.25) is 14.4 Å². The van der Waals surface area contributed by atoms with Gasteiger partial charge in [0.25, 0.3) is 0 Å². The molecule has 0 bridgehead atoms. The minimum atomic E-state index is -1.40. The Kier molecular flexibility index (Phi) is 24.6. The molecule has 6 unspecified atom stereocenters. The first-order valence-electron chi connectivity index (χ1n) is 24.4. The van der Waals surface area contributed by atoms with E-state index < -0.39 is 92.1 Å². The van der Waals surface area contributed by atoms with E-state index in [4.69, 9.17) is 47.4 Å². The molecule has 0 radical (unpaired) electrons. The van der Waals surface area contributed by atoms with Gasteiger partial charge >= 0.3 is 0 Å². The summed E-state index contributed by atoms with van der Waals surface area (Å²) in [7, 11) is 7.07. The Balaban J connectivity index is 0.000000211. The summed E-state index contributed by atoms with van der Waals surface area (Å²) in [6, 6.07) is 20.1. The molecule has 3 fully saturated rings. The lowest BCUT2D eigenvalue weighted by atomic mass is 9.95. The summed E-state index contributed by atoms with van der Waals surface area (Å²) < 4.78 is 51.9. The van der Waals surface area contributed by atoms with E-state index in [0.717, 1.165) is 16.7 Å². The molecule has 0 aliphatic carbocycles. The Morgan fingerprint density at radius 2 is 0.829 bits per heavy atom. The number of hydrogen-bond donors (Lipinski definition) is 9. The van der Waals surface area contributed by atoms with Gasteiger partial charge in [-0.05, 0) is 78.4 Å². The number of hydrogen-bond acceptors (Lipinski definition) is 22. The molecule has 4 aliphatic rings. The van der Waals surface area contributed by atoms with E-state index in [2.05, 4.69) is 0 Å². The molecule has 15 atom stereocenters. The molecule has 22 nitrogen and oxygen atoms in total. The van der Waals surface area contributed by atoms with Gasteiger partial charge < -0.3 is 93.3 Å². The van der Waals surface area contributed by atoms with Crippen LogP contribution in [0.3, 0.4) is 0 Å². The van der Waals surface area contributed by atoms with Crippen LogP contribution in [-0.2, 0) is 42.8 Å². The van der Waals surface area contributed by atoms with Crippen LogP contribution in [-0.4, -0.2) is 198 Å². The summed E-state index contributed by atoms with van der Waals surface area (Å²) in [5, 5.41) is 88.5. The summed E-state index contributed by atoms with van der Waals surface area (Å²) in [6.07, 6.45) is -7.17. The van der Waals surface area contributed by atoms with Crippen LogP contribution in [0.2, 0.25) is 0 Å². The van der Waals surface area contributed by atoms with E-state index in [1.54, 1.807) is 55.7 Å². The first-order valence-corrected chi connectivity index (χ1v) is 24.4. The van der Waals surface area contributed by atoms with Crippen LogP contribution in [0.25, 0.3) is 18.2 Å². The van der Waals surface area contributed by atoms with Gasteiger partial charge in [0.2, 0.25) is 6.79 Å². The van der Waals surface area contributed by atoms with E-state index in [1.165, 1.54) is 46.7 Å². The summed E-state index contributed by atoms with van der Waals surface area (Å²) >= 11 is 0. The van der Waals surface area contributed by atoms with Gasteiger partial charge in [-0.1, -0.05) is 60.7 Å². The topological polar surface area (TPSA) is 326 Å². The van der Waals surface area contributed by atoms with Gasteiger partial charge in [-0.25, -0.2) is 0 Å². The lowest BCUT2D eigenvalue weighted by Gasteiger charge is -2.39. The highest BCUT2D eigenvalue weighted by molar-refractivity contribution is 5.94. The Hall–Kier alpha value is -5.51. The predicted molar refractivity (Wildman–Crippen MR) is 269 cm³/mol. The van der Waals surface area contributed by atoms with Crippen molar-refractivity contribution in [1.29, 1.82) is 0 Å². The molecule has 7 rings (SSSR count). The number of ether oxygens (including phenoxy) is 10. The minimum Gasteiger partial charge on any atom is -0.493 e. The van der Waals surface area contributed by atoms with E-state index in [1.807, 2.05) is 36.4 Å². The number of allylic oxidation sites excluding steroid dienone is 3. The molecule has 0 saturated carbocycles. The van der Waals surface area contributed by atoms with E-state index >= 15 is 0 Å². The van der Waals surface area contributed by atoms with Crippen LogP contribution in [0.1, 0.15) is 55.2 Å². The third kappa shape index (κ3) is 17.2. The highest BCUT2D eigenvalue weighted by Crippen LogP contribution is 2.33. The van der Waals surface area contributed by atoms with Crippen molar-refractivity contribution in [3.8, 4) is 23.0 Å². The number of aliphatic hydroxyl groups excluding tert-OH is 9. The molecule has 9 N–H and O–H groups in total. The van der Waals surface area contributed by atoms with Crippen LogP contribution in [0.5, 0.6) is 23.0 Å². The molecule has 0 aromatic heterocycles. The third-order valence-corrected chi connectivity index (χ3v) is 12.7. The largest absolute Gasteiger partial charge is 0.493 e. The highest BCUT2D eigenvalue weighted by atomic mass is 16.7. The van der Waals surface area contributed by atoms with Gasteiger partial charge in [-0.15, -0.1) is 0 Å². The second-order valence-corrected chi connectivity index (χ2v) is 17.9. The van der Waals surface area contributed by atoms with Crippen LogP contribution in [0.15, 0.2) is 85.0 Å². The first-order chi connectivity index (χ1) is 36.4. The molecule has 22 heteroatoms. The maximum absolute atomic E-state index is 12.1. The van der Waals surface area contributed by atoms with Crippen molar-refractivity contribution in [2.75, 3.05) is 42.3 Å². The molecular weight excluding hydrogens is 1000 g/mol. The summed E-state index contributed by atoms with van der Waals surface area (Å²) in [5.74, 6) is 2.02. The zero-order chi connectivity index (χ0) is 55.5. The molecule has 4 heterocycles. The average Bonchev–Trinajstić information content (AvgIpc) is 3.92. The number of carbonyl (C=O) groups excluding carboxylic acids is 3. The second kappa shape index (κ2) is 30.4. The number of carbonyl (C=O) groups is 3. The van der Waals surface area contributed by atoms with E-state index in [0.29, 0.717) is 23.0 Å².